The maximum Gasteiger partial charge on any atom is 0.416 e. The molecule has 1 aromatic rings. The van der Waals surface area contributed by atoms with E-state index in [1.54, 1.807) is 0 Å². The molecule has 5 heteroatoms. The van der Waals surface area contributed by atoms with Crippen LogP contribution in [0.4, 0.5) is 13.2 Å². The number of hydrogen-bond acceptors (Lipinski definition) is 2. The van der Waals surface area contributed by atoms with Crippen molar-refractivity contribution >= 4 is 0 Å². The molecule has 0 saturated heterocycles. The van der Waals surface area contributed by atoms with Crippen molar-refractivity contribution in [3.05, 3.63) is 29.6 Å². The maximum absolute atomic E-state index is 12.8. The molecule has 0 spiro atoms. The summed E-state index contributed by atoms with van der Waals surface area (Å²) in [5.41, 5.74) is 4.24. The van der Waals surface area contributed by atoms with Gasteiger partial charge in [-0.3, -0.25) is 4.98 Å². The Balaban J connectivity index is 2.52. The van der Waals surface area contributed by atoms with E-state index in [1.807, 2.05) is 13.8 Å². The fourth-order valence-electron chi connectivity index (χ4n) is 2.11. The van der Waals surface area contributed by atoms with Gasteiger partial charge in [0.05, 0.1) is 5.56 Å². The molecule has 2 rings (SSSR count). The van der Waals surface area contributed by atoms with Crippen LogP contribution in [0.2, 0.25) is 0 Å². The second kappa shape index (κ2) is 2.97. The predicted octanol–water partition coefficient (Wildman–Crippen LogP) is 2.68. The smallest absolute Gasteiger partial charge is 0.321 e. The summed E-state index contributed by atoms with van der Waals surface area (Å²) in [5, 5.41) is 0. The Kier molecular flexibility index (Phi) is 2.11. The van der Waals surface area contributed by atoms with Crippen molar-refractivity contribution in [2.45, 2.75) is 32.0 Å². The minimum Gasteiger partial charge on any atom is -0.321 e. The number of hydrogen-bond donors (Lipinski definition) is 1. The Morgan fingerprint density at radius 1 is 1.38 bits per heavy atom. The molecule has 16 heavy (non-hydrogen) atoms. The van der Waals surface area contributed by atoms with Gasteiger partial charge in [-0.1, -0.05) is 13.8 Å². The minimum absolute atomic E-state index is 0.104. The molecule has 1 atom stereocenters. The highest BCUT2D eigenvalue weighted by Crippen LogP contribution is 2.61. The summed E-state index contributed by atoms with van der Waals surface area (Å²) in [5.74, 6) is 0. The highest BCUT2D eigenvalue weighted by atomic mass is 19.4. The van der Waals surface area contributed by atoms with Crippen LogP contribution in [0.5, 0.6) is 0 Å². The predicted molar refractivity (Wildman–Crippen MR) is 53.5 cm³/mol. The number of rotatable bonds is 1. The van der Waals surface area contributed by atoms with E-state index < -0.39 is 17.3 Å². The van der Waals surface area contributed by atoms with E-state index in [-0.39, 0.29) is 11.0 Å². The number of pyridine rings is 1. The highest BCUT2D eigenvalue weighted by molar-refractivity contribution is 5.40. The first-order chi connectivity index (χ1) is 7.18. The van der Waals surface area contributed by atoms with Gasteiger partial charge < -0.3 is 5.73 Å². The van der Waals surface area contributed by atoms with Crippen LogP contribution in [0.1, 0.15) is 31.4 Å². The molecule has 1 saturated carbocycles. The van der Waals surface area contributed by atoms with Crippen molar-refractivity contribution in [1.29, 1.82) is 0 Å². The molecule has 0 radical (unpaired) electrons. The fraction of sp³-hybridized carbons (Fsp3) is 0.545. The Morgan fingerprint density at radius 2 is 1.94 bits per heavy atom. The van der Waals surface area contributed by atoms with Crippen molar-refractivity contribution in [3.63, 3.8) is 0 Å². The molecular formula is C11H13F3N2. The van der Waals surface area contributed by atoms with Gasteiger partial charge in [0, 0.05) is 23.5 Å². The van der Waals surface area contributed by atoms with Crippen molar-refractivity contribution in [3.8, 4) is 0 Å². The first-order valence-corrected chi connectivity index (χ1v) is 4.99. The number of halogens is 3. The molecule has 2 N–H and O–H groups in total. The number of nitrogens with two attached hydrogens (primary N) is 1. The molecule has 0 aromatic carbocycles. The topological polar surface area (TPSA) is 38.9 Å². The summed E-state index contributed by atoms with van der Waals surface area (Å²) in [6.07, 6.45) is -1.44. The molecule has 1 fully saturated rings. The lowest BCUT2D eigenvalue weighted by atomic mass is 9.94. The normalized spacial score (nSPS) is 27.9. The molecule has 0 aliphatic heterocycles. The van der Waals surface area contributed by atoms with Crippen LogP contribution < -0.4 is 5.73 Å². The summed E-state index contributed by atoms with van der Waals surface area (Å²) in [7, 11) is 0. The van der Waals surface area contributed by atoms with Gasteiger partial charge in [-0.2, -0.15) is 13.2 Å². The van der Waals surface area contributed by atoms with Gasteiger partial charge in [0.2, 0.25) is 0 Å². The average Bonchev–Trinajstić information content (AvgIpc) is 2.66. The Bertz CT molecular complexity index is 425. The van der Waals surface area contributed by atoms with Crippen molar-refractivity contribution in [1.82, 2.24) is 4.98 Å². The van der Waals surface area contributed by atoms with Crippen molar-refractivity contribution in [2.24, 2.45) is 11.1 Å². The zero-order valence-electron chi connectivity index (χ0n) is 9.10. The fourth-order valence-corrected chi connectivity index (χ4v) is 2.11. The average molecular weight is 230 g/mol. The van der Waals surface area contributed by atoms with Crippen LogP contribution in [0.25, 0.3) is 0 Å². The summed E-state index contributed by atoms with van der Waals surface area (Å²) in [6.45, 7) is 3.72. The molecule has 1 aromatic heterocycles. The molecule has 0 amide bonds. The van der Waals surface area contributed by atoms with Crippen LogP contribution >= 0.6 is 0 Å². The largest absolute Gasteiger partial charge is 0.416 e. The van der Waals surface area contributed by atoms with Gasteiger partial charge in [0.1, 0.15) is 0 Å². The Labute approximate surface area is 91.7 Å². The SMILES string of the molecule is CC1(C)CC1(N)c1cnccc1C(F)(F)F. The molecule has 1 unspecified atom stereocenters. The van der Waals surface area contributed by atoms with Gasteiger partial charge in [-0.05, 0) is 17.9 Å². The second-order valence-electron chi connectivity index (χ2n) is 4.95. The Hall–Kier alpha value is -1.10. The summed E-state index contributed by atoms with van der Waals surface area (Å²) in [4.78, 5) is 3.75. The quantitative estimate of drug-likeness (QED) is 0.805. The molecule has 1 heterocycles. The first-order valence-electron chi connectivity index (χ1n) is 4.99. The molecule has 2 nitrogen and oxygen atoms in total. The standard InChI is InChI=1S/C11H13F3N2/c1-9(2)6-10(9,15)8-5-16-4-3-7(8)11(12,13)14/h3-5H,6,15H2,1-2H3. The van der Waals surface area contributed by atoms with E-state index in [0.717, 1.165) is 12.3 Å². The molecule has 0 bridgehead atoms. The van der Waals surface area contributed by atoms with Gasteiger partial charge in [-0.25, -0.2) is 0 Å². The summed E-state index contributed by atoms with van der Waals surface area (Å²) in [6, 6.07) is 0.984. The zero-order valence-corrected chi connectivity index (χ0v) is 9.10. The van der Waals surface area contributed by atoms with Crippen LogP contribution in [0, 0.1) is 5.41 Å². The van der Waals surface area contributed by atoms with Gasteiger partial charge in [0.15, 0.2) is 0 Å². The van der Waals surface area contributed by atoms with Crippen molar-refractivity contribution in [2.75, 3.05) is 0 Å². The van der Waals surface area contributed by atoms with E-state index in [2.05, 4.69) is 4.98 Å². The van der Waals surface area contributed by atoms with Crippen LogP contribution in [-0.4, -0.2) is 4.98 Å². The lowest BCUT2D eigenvalue weighted by Crippen LogP contribution is -2.29. The highest BCUT2D eigenvalue weighted by Gasteiger charge is 2.61. The summed E-state index contributed by atoms with van der Waals surface area (Å²) >= 11 is 0. The number of aromatic nitrogens is 1. The van der Waals surface area contributed by atoms with Gasteiger partial charge in [-0.15, -0.1) is 0 Å². The Morgan fingerprint density at radius 3 is 2.38 bits per heavy atom. The van der Waals surface area contributed by atoms with Gasteiger partial charge in [0.25, 0.3) is 0 Å². The van der Waals surface area contributed by atoms with Crippen LogP contribution in [0.3, 0.4) is 0 Å². The van der Waals surface area contributed by atoms with E-state index in [1.165, 1.54) is 6.20 Å². The number of nitrogens with zero attached hydrogens (tertiary/aromatic N) is 1. The van der Waals surface area contributed by atoms with E-state index in [4.69, 9.17) is 5.73 Å². The monoisotopic (exact) mass is 230 g/mol. The van der Waals surface area contributed by atoms with Gasteiger partial charge >= 0.3 is 6.18 Å². The third kappa shape index (κ3) is 1.50. The van der Waals surface area contributed by atoms with Crippen LogP contribution in [-0.2, 0) is 11.7 Å². The second-order valence-corrected chi connectivity index (χ2v) is 4.95. The molecular weight excluding hydrogens is 217 g/mol. The van der Waals surface area contributed by atoms with E-state index in [0.29, 0.717) is 6.42 Å². The van der Waals surface area contributed by atoms with E-state index in [9.17, 15) is 13.2 Å². The number of alkyl halides is 3. The first kappa shape index (κ1) is 11.4. The lowest BCUT2D eigenvalue weighted by Gasteiger charge is -2.20. The third-order valence-electron chi connectivity index (χ3n) is 3.41. The van der Waals surface area contributed by atoms with Crippen molar-refractivity contribution < 1.29 is 13.2 Å². The van der Waals surface area contributed by atoms with Crippen LogP contribution in [0.15, 0.2) is 18.5 Å². The lowest BCUT2D eigenvalue weighted by molar-refractivity contribution is -0.138. The third-order valence-corrected chi connectivity index (χ3v) is 3.41. The maximum atomic E-state index is 12.8. The minimum atomic E-state index is -4.37. The molecule has 88 valence electrons. The zero-order chi connectivity index (χ0) is 12.2. The summed E-state index contributed by atoms with van der Waals surface area (Å²) < 4.78 is 38.3. The molecule has 1 aliphatic rings. The molecule has 1 aliphatic carbocycles. The van der Waals surface area contributed by atoms with E-state index >= 15 is 0 Å².